The average molecular weight is 206 g/mol. The summed E-state index contributed by atoms with van der Waals surface area (Å²) in [6, 6.07) is -0.200. The molecule has 0 aromatic heterocycles. The lowest BCUT2D eigenvalue weighted by Crippen LogP contribution is -2.45. The largest absolute Gasteiger partial charge is 0.347 e. The predicted molar refractivity (Wildman–Crippen MR) is 56.7 cm³/mol. The highest BCUT2D eigenvalue weighted by Crippen LogP contribution is 2.20. The second-order valence-corrected chi connectivity index (χ2v) is 3.74. The average Bonchev–Trinajstić information content (AvgIpc) is 2.58. The number of amides is 2. The number of rotatable bonds is 1. The van der Waals surface area contributed by atoms with Gasteiger partial charge in [0, 0.05) is 11.9 Å². The van der Waals surface area contributed by atoms with Gasteiger partial charge in [0.25, 0.3) is 0 Å². The number of hydrogen-bond acceptors (Lipinski definition) is 2. The minimum Gasteiger partial charge on any atom is -0.347 e. The Labute approximate surface area is 88.9 Å². The zero-order chi connectivity index (χ0) is 11.0. The minimum atomic E-state index is -0.303. The number of carbonyl (C=O) groups excluding carboxylic acids is 1. The zero-order valence-electron chi connectivity index (χ0n) is 8.86. The molecule has 0 radical (unpaired) electrons. The Bertz CT molecular complexity index is 371. The molecule has 0 bridgehead atoms. The Balaban J connectivity index is 2.19. The Kier molecular flexibility index (Phi) is 2.36. The molecule has 4 nitrogen and oxygen atoms in total. The molecule has 2 rings (SSSR count). The van der Waals surface area contributed by atoms with Crippen LogP contribution in [0.1, 0.15) is 13.8 Å². The summed E-state index contributed by atoms with van der Waals surface area (Å²) in [5.41, 5.74) is 1.58. The Morgan fingerprint density at radius 3 is 2.87 bits per heavy atom. The van der Waals surface area contributed by atoms with Crippen LogP contribution in [0.3, 0.4) is 0 Å². The highest BCUT2D eigenvalue weighted by atomic mass is 16.5. The van der Waals surface area contributed by atoms with E-state index in [1.165, 1.54) is 4.90 Å². The third kappa shape index (κ3) is 1.80. The van der Waals surface area contributed by atoms with Crippen LogP contribution in [0.5, 0.6) is 0 Å². The van der Waals surface area contributed by atoms with Crippen molar-refractivity contribution in [3.63, 3.8) is 0 Å². The molecule has 80 valence electrons. The molecule has 0 saturated heterocycles. The van der Waals surface area contributed by atoms with Crippen molar-refractivity contribution in [1.82, 2.24) is 10.2 Å². The third-order valence-electron chi connectivity index (χ3n) is 2.48. The second kappa shape index (κ2) is 3.55. The van der Waals surface area contributed by atoms with Crippen molar-refractivity contribution >= 4 is 6.03 Å². The Morgan fingerprint density at radius 2 is 2.27 bits per heavy atom. The van der Waals surface area contributed by atoms with Crippen LogP contribution in [-0.4, -0.2) is 23.3 Å². The number of hydrogen-bond donors (Lipinski definition) is 1. The minimum absolute atomic E-state index is 0.0571. The van der Waals surface area contributed by atoms with Crippen LogP contribution in [0.4, 0.5) is 4.79 Å². The monoisotopic (exact) mass is 206 g/mol. The van der Waals surface area contributed by atoms with Gasteiger partial charge in [-0.3, -0.25) is 4.90 Å². The van der Waals surface area contributed by atoms with Crippen molar-refractivity contribution in [2.75, 3.05) is 0 Å². The van der Waals surface area contributed by atoms with Gasteiger partial charge in [-0.1, -0.05) is 12.7 Å². The van der Waals surface area contributed by atoms with Gasteiger partial charge in [0.1, 0.15) is 0 Å². The number of carbonyl (C=O) groups is 1. The van der Waals surface area contributed by atoms with E-state index in [2.05, 4.69) is 11.9 Å². The molecule has 4 heteroatoms. The van der Waals surface area contributed by atoms with Crippen LogP contribution in [0, 0.1) is 0 Å². The lowest BCUT2D eigenvalue weighted by molar-refractivity contribution is 0.00539. The van der Waals surface area contributed by atoms with Crippen LogP contribution in [0.2, 0.25) is 0 Å². The van der Waals surface area contributed by atoms with E-state index in [1.54, 1.807) is 6.20 Å². The molecule has 0 aromatic rings. The lowest BCUT2D eigenvalue weighted by Gasteiger charge is -2.30. The molecule has 0 spiro atoms. The molecule has 2 aliphatic heterocycles. The van der Waals surface area contributed by atoms with Gasteiger partial charge in [0.05, 0.1) is 6.10 Å². The molecule has 1 N–H and O–H groups in total. The van der Waals surface area contributed by atoms with Crippen molar-refractivity contribution < 1.29 is 9.53 Å². The van der Waals surface area contributed by atoms with Crippen molar-refractivity contribution in [2.45, 2.75) is 26.2 Å². The number of nitrogens with zero attached hydrogens (tertiary/aromatic N) is 1. The highest BCUT2D eigenvalue weighted by molar-refractivity contribution is 5.80. The van der Waals surface area contributed by atoms with E-state index < -0.39 is 0 Å². The Hall–Kier alpha value is -1.55. The summed E-state index contributed by atoms with van der Waals surface area (Å²) in [7, 11) is 0. The van der Waals surface area contributed by atoms with E-state index in [4.69, 9.17) is 4.74 Å². The van der Waals surface area contributed by atoms with Gasteiger partial charge in [-0.15, -0.1) is 0 Å². The molecule has 2 heterocycles. The van der Waals surface area contributed by atoms with Crippen LogP contribution >= 0.6 is 0 Å². The molecule has 0 saturated carbocycles. The van der Waals surface area contributed by atoms with Gasteiger partial charge in [-0.05, 0) is 25.5 Å². The molecule has 0 aliphatic carbocycles. The van der Waals surface area contributed by atoms with Gasteiger partial charge in [-0.25, -0.2) is 4.79 Å². The Morgan fingerprint density at radius 1 is 1.53 bits per heavy atom. The number of ether oxygens (including phenoxy) is 1. The van der Waals surface area contributed by atoms with Crippen molar-refractivity contribution in [1.29, 1.82) is 0 Å². The van der Waals surface area contributed by atoms with Crippen molar-refractivity contribution in [2.24, 2.45) is 0 Å². The lowest BCUT2D eigenvalue weighted by atomic mass is 10.2. The fourth-order valence-electron chi connectivity index (χ4n) is 1.55. The standard InChI is InChI=1S/C11H14N2O2/c1-7-6-13(11(14)12-9(7)3)10-5-4-8(2)15-10/h4-6,8,10H,3H2,1-2H3,(H,12,14). The van der Waals surface area contributed by atoms with Gasteiger partial charge in [0.2, 0.25) is 0 Å². The maximum Gasteiger partial charge on any atom is 0.328 e. The van der Waals surface area contributed by atoms with Gasteiger partial charge >= 0.3 is 6.03 Å². The van der Waals surface area contributed by atoms with E-state index in [9.17, 15) is 4.79 Å². The smallest absolute Gasteiger partial charge is 0.328 e. The number of allylic oxidation sites excluding steroid dienone is 1. The number of nitrogens with one attached hydrogen (secondary N) is 1. The molecule has 0 fully saturated rings. The summed E-state index contributed by atoms with van der Waals surface area (Å²) in [5.74, 6) is 0. The van der Waals surface area contributed by atoms with E-state index in [0.29, 0.717) is 5.70 Å². The fourth-order valence-corrected chi connectivity index (χ4v) is 1.55. The normalized spacial score (nSPS) is 30.5. The molecular weight excluding hydrogens is 192 g/mol. The van der Waals surface area contributed by atoms with Crippen molar-refractivity contribution in [3.05, 3.63) is 36.2 Å². The summed E-state index contributed by atoms with van der Waals surface area (Å²) in [6.07, 6.45) is 5.32. The molecule has 15 heavy (non-hydrogen) atoms. The second-order valence-electron chi connectivity index (χ2n) is 3.74. The maximum absolute atomic E-state index is 11.6. The van der Waals surface area contributed by atoms with E-state index in [0.717, 1.165) is 5.57 Å². The van der Waals surface area contributed by atoms with Crippen LogP contribution in [0.15, 0.2) is 36.2 Å². The summed E-state index contributed by atoms with van der Waals surface area (Å²) < 4.78 is 5.53. The fraction of sp³-hybridized carbons (Fsp3) is 0.364. The zero-order valence-corrected chi connectivity index (χ0v) is 8.86. The van der Waals surface area contributed by atoms with Crippen LogP contribution in [0.25, 0.3) is 0 Å². The summed E-state index contributed by atoms with van der Waals surface area (Å²) in [5, 5.41) is 2.68. The van der Waals surface area contributed by atoms with Gasteiger partial charge in [-0.2, -0.15) is 0 Å². The third-order valence-corrected chi connectivity index (χ3v) is 2.48. The topological polar surface area (TPSA) is 41.6 Å². The van der Waals surface area contributed by atoms with Gasteiger partial charge in [0.15, 0.2) is 6.23 Å². The van der Waals surface area contributed by atoms with E-state index in [1.807, 2.05) is 26.0 Å². The SMILES string of the molecule is C=C1NC(=O)N(C2C=CC(C)O2)C=C1C. The first-order chi connectivity index (χ1) is 7.08. The first kappa shape index (κ1) is 9.98. The quantitative estimate of drug-likeness (QED) is 0.664. The molecular formula is C11H14N2O2. The van der Waals surface area contributed by atoms with Crippen LogP contribution in [-0.2, 0) is 4.74 Å². The highest BCUT2D eigenvalue weighted by Gasteiger charge is 2.28. The maximum atomic E-state index is 11.6. The van der Waals surface area contributed by atoms with Crippen molar-refractivity contribution in [3.8, 4) is 0 Å². The summed E-state index contributed by atoms with van der Waals surface area (Å²) in [6.45, 7) is 7.57. The van der Waals surface area contributed by atoms with E-state index >= 15 is 0 Å². The summed E-state index contributed by atoms with van der Waals surface area (Å²) >= 11 is 0. The molecule has 2 aliphatic rings. The molecule has 2 amide bonds. The molecule has 2 unspecified atom stereocenters. The predicted octanol–water partition coefficient (Wildman–Crippen LogP) is 1.73. The first-order valence-electron chi connectivity index (χ1n) is 4.89. The molecule has 0 aromatic carbocycles. The van der Waals surface area contributed by atoms with E-state index in [-0.39, 0.29) is 18.4 Å². The molecule has 2 atom stereocenters. The van der Waals surface area contributed by atoms with Gasteiger partial charge < -0.3 is 10.1 Å². The number of urea groups is 1. The van der Waals surface area contributed by atoms with Crippen LogP contribution < -0.4 is 5.32 Å². The summed E-state index contributed by atoms with van der Waals surface area (Å²) in [4.78, 5) is 13.2. The first-order valence-corrected chi connectivity index (χ1v) is 4.89.